The first-order valence-corrected chi connectivity index (χ1v) is 5.36. The van der Waals surface area contributed by atoms with Gasteiger partial charge in [-0.25, -0.2) is 4.98 Å². The Labute approximate surface area is 88.4 Å². The van der Waals surface area contributed by atoms with Crippen LogP contribution in [0.25, 0.3) is 0 Å². The lowest BCUT2D eigenvalue weighted by molar-refractivity contribution is 0.181. The molecule has 1 rings (SSSR count). The molecule has 0 spiro atoms. The molecule has 0 fully saturated rings. The lowest BCUT2D eigenvalue weighted by atomic mass is 10.1. The minimum absolute atomic E-state index is 0.428. The Kier molecular flexibility index (Phi) is 4.05. The molecule has 0 radical (unpaired) electrons. The fourth-order valence-corrected chi connectivity index (χ4v) is 2.24. The summed E-state index contributed by atoms with van der Waals surface area (Å²) in [6.07, 6.45) is 0.934. The first-order valence-electron chi connectivity index (χ1n) is 4.55. The lowest BCUT2D eigenvalue weighted by Crippen LogP contribution is -1.95. The highest BCUT2D eigenvalue weighted by Crippen LogP contribution is 2.20. The van der Waals surface area contributed by atoms with Gasteiger partial charge in [0, 0.05) is 13.5 Å². The molecule has 0 saturated heterocycles. The van der Waals surface area contributed by atoms with Crippen LogP contribution in [0.15, 0.2) is 0 Å². The van der Waals surface area contributed by atoms with E-state index in [1.54, 1.807) is 7.11 Å². The largest absolute Gasteiger partial charge is 0.378 e. The summed E-state index contributed by atoms with van der Waals surface area (Å²) < 4.78 is 4.98. The Hall–Kier alpha value is -0.920. The van der Waals surface area contributed by atoms with Gasteiger partial charge in [0.25, 0.3) is 0 Å². The molecule has 1 aromatic heterocycles. The van der Waals surface area contributed by atoms with Crippen LogP contribution < -0.4 is 0 Å². The number of rotatable bonds is 4. The van der Waals surface area contributed by atoms with Crippen LogP contribution in [0.5, 0.6) is 0 Å². The van der Waals surface area contributed by atoms with E-state index in [4.69, 9.17) is 10.00 Å². The van der Waals surface area contributed by atoms with Crippen molar-refractivity contribution in [3.63, 3.8) is 0 Å². The highest BCUT2D eigenvalue weighted by atomic mass is 32.1. The van der Waals surface area contributed by atoms with Crippen molar-refractivity contribution < 1.29 is 4.74 Å². The first-order chi connectivity index (χ1) is 6.67. The van der Waals surface area contributed by atoms with E-state index >= 15 is 0 Å². The van der Waals surface area contributed by atoms with E-state index in [9.17, 15) is 0 Å². The van der Waals surface area contributed by atoms with Gasteiger partial charge in [-0.05, 0) is 5.92 Å². The molecule has 0 amide bonds. The zero-order valence-corrected chi connectivity index (χ0v) is 9.52. The summed E-state index contributed by atoms with van der Waals surface area (Å²) in [5.74, 6) is 0.572. The summed E-state index contributed by atoms with van der Waals surface area (Å²) in [4.78, 5) is 5.06. The molecular formula is C10H14N2OS. The summed E-state index contributed by atoms with van der Waals surface area (Å²) >= 11 is 1.48. The van der Waals surface area contributed by atoms with E-state index in [0.717, 1.165) is 17.1 Å². The van der Waals surface area contributed by atoms with Crippen molar-refractivity contribution in [2.24, 2.45) is 5.92 Å². The second kappa shape index (κ2) is 5.08. The predicted molar refractivity (Wildman–Crippen MR) is 56.1 cm³/mol. The first kappa shape index (κ1) is 11.2. The van der Waals surface area contributed by atoms with Crippen LogP contribution in [-0.4, -0.2) is 12.1 Å². The van der Waals surface area contributed by atoms with Gasteiger partial charge in [0.05, 0.1) is 17.3 Å². The van der Waals surface area contributed by atoms with Crippen LogP contribution in [0.1, 0.15) is 29.4 Å². The Balaban J connectivity index is 2.84. The van der Waals surface area contributed by atoms with Crippen molar-refractivity contribution in [1.29, 1.82) is 5.26 Å². The van der Waals surface area contributed by atoms with Crippen LogP contribution in [-0.2, 0) is 17.8 Å². The van der Waals surface area contributed by atoms with Gasteiger partial charge in [0.2, 0.25) is 0 Å². The summed E-state index contributed by atoms with van der Waals surface area (Å²) in [6.45, 7) is 4.71. The maximum atomic E-state index is 8.86. The summed E-state index contributed by atoms with van der Waals surface area (Å²) in [7, 11) is 1.61. The number of aromatic nitrogens is 1. The topological polar surface area (TPSA) is 45.9 Å². The molecule has 14 heavy (non-hydrogen) atoms. The molecule has 0 N–H and O–H groups in total. The third-order valence-corrected chi connectivity index (χ3v) is 2.73. The van der Waals surface area contributed by atoms with Crippen molar-refractivity contribution in [3.05, 3.63) is 15.6 Å². The van der Waals surface area contributed by atoms with E-state index in [2.05, 4.69) is 24.9 Å². The number of ether oxygens (including phenoxy) is 1. The molecule has 4 heteroatoms. The summed E-state index contributed by atoms with van der Waals surface area (Å²) in [5, 5.41) is 9.89. The number of hydrogen-bond donors (Lipinski definition) is 0. The molecule has 0 aliphatic heterocycles. The quantitative estimate of drug-likeness (QED) is 0.766. The maximum absolute atomic E-state index is 8.86. The SMILES string of the molecule is COCc1nc(CC(C)C)sc1C#N. The second-order valence-electron chi connectivity index (χ2n) is 3.53. The van der Waals surface area contributed by atoms with Crippen LogP contribution >= 0.6 is 11.3 Å². The number of hydrogen-bond acceptors (Lipinski definition) is 4. The van der Waals surface area contributed by atoms with Gasteiger partial charge in [0.15, 0.2) is 0 Å². The van der Waals surface area contributed by atoms with E-state index < -0.39 is 0 Å². The fourth-order valence-electron chi connectivity index (χ4n) is 1.16. The van der Waals surface area contributed by atoms with E-state index in [1.807, 2.05) is 0 Å². The molecule has 0 aliphatic rings. The Morgan fingerprint density at radius 3 is 2.79 bits per heavy atom. The summed E-state index contributed by atoms with van der Waals surface area (Å²) in [5.41, 5.74) is 0.774. The molecule has 0 atom stereocenters. The van der Waals surface area contributed by atoms with Gasteiger partial charge in [-0.3, -0.25) is 0 Å². The standard InChI is InChI=1S/C10H14N2OS/c1-7(2)4-10-12-8(6-13-3)9(5-11)14-10/h7H,4,6H2,1-3H3. The highest BCUT2D eigenvalue weighted by molar-refractivity contribution is 7.12. The zero-order chi connectivity index (χ0) is 10.6. The molecule has 0 saturated carbocycles. The van der Waals surface area contributed by atoms with Gasteiger partial charge in [-0.1, -0.05) is 13.8 Å². The van der Waals surface area contributed by atoms with E-state index in [-0.39, 0.29) is 0 Å². The van der Waals surface area contributed by atoms with Gasteiger partial charge >= 0.3 is 0 Å². The van der Waals surface area contributed by atoms with Gasteiger partial charge in [0.1, 0.15) is 10.9 Å². The third kappa shape index (κ3) is 2.79. The minimum Gasteiger partial charge on any atom is -0.378 e. The van der Waals surface area contributed by atoms with Gasteiger partial charge in [-0.2, -0.15) is 5.26 Å². The molecule has 3 nitrogen and oxygen atoms in total. The normalized spacial score (nSPS) is 10.5. The monoisotopic (exact) mass is 210 g/mol. The lowest BCUT2D eigenvalue weighted by Gasteiger charge is -1.98. The number of methoxy groups -OCH3 is 1. The van der Waals surface area contributed by atoms with Crippen molar-refractivity contribution in [1.82, 2.24) is 4.98 Å². The zero-order valence-electron chi connectivity index (χ0n) is 8.70. The van der Waals surface area contributed by atoms with Crippen LogP contribution in [0.4, 0.5) is 0 Å². The predicted octanol–water partition coefficient (Wildman–Crippen LogP) is 2.36. The molecule has 0 bridgehead atoms. The molecular weight excluding hydrogens is 196 g/mol. The Bertz CT molecular complexity index is 338. The van der Waals surface area contributed by atoms with Crippen LogP contribution in [0, 0.1) is 17.2 Å². The molecule has 1 heterocycles. The third-order valence-electron chi connectivity index (χ3n) is 1.71. The number of thiazole rings is 1. The van der Waals surface area contributed by atoms with E-state index in [1.165, 1.54) is 11.3 Å². The smallest absolute Gasteiger partial charge is 0.130 e. The fraction of sp³-hybridized carbons (Fsp3) is 0.600. The second-order valence-corrected chi connectivity index (χ2v) is 4.61. The summed E-state index contributed by atoms with van der Waals surface area (Å²) in [6, 6.07) is 2.15. The van der Waals surface area contributed by atoms with Crippen LogP contribution in [0.3, 0.4) is 0 Å². The molecule has 0 unspecified atom stereocenters. The van der Waals surface area contributed by atoms with Crippen LogP contribution in [0.2, 0.25) is 0 Å². The Morgan fingerprint density at radius 2 is 2.29 bits per heavy atom. The van der Waals surface area contributed by atoms with Gasteiger partial charge in [-0.15, -0.1) is 11.3 Å². The van der Waals surface area contributed by atoms with Gasteiger partial charge < -0.3 is 4.74 Å². The average Bonchev–Trinajstić information content (AvgIpc) is 2.47. The highest BCUT2D eigenvalue weighted by Gasteiger charge is 2.11. The number of nitriles is 1. The average molecular weight is 210 g/mol. The maximum Gasteiger partial charge on any atom is 0.130 e. The molecule has 1 aromatic rings. The van der Waals surface area contributed by atoms with Crippen molar-refractivity contribution in [2.75, 3.05) is 7.11 Å². The van der Waals surface area contributed by atoms with Crippen molar-refractivity contribution in [3.8, 4) is 6.07 Å². The Morgan fingerprint density at radius 1 is 1.57 bits per heavy atom. The molecule has 0 aliphatic carbocycles. The molecule has 76 valence electrons. The van der Waals surface area contributed by atoms with Crippen molar-refractivity contribution in [2.45, 2.75) is 26.9 Å². The minimum atomic E-state index is 0.428. The number of nitrogens with zero attached hydrogens (tertiary/aromatic N) is 2. The molecule has 0 aromatic carbocycles. The van der Waals surface area contributed by atoms with Crippen molar-refractivity contribution >= 4 is 11.3 Å². The van der Waals surface area contributed by atoms with E-state index in [0.29, 0.717) is 17.4 Å².